The first-order chi connectivity index (χ1) is 12.3. The number of ether oxygens (including phenoxy) is 1. The summed E-state index contributed by atoms with van der Waals surface area (Å²) in [6.45, 7) is 2.68. The van der Waals surface area contributed by atoms with Crippen LogP contribution in [-0.4, -0.2) is 0 Å². The molecular weight excluding hydrogens is 304 g/mol. The molecule has 3 aromatic carbocycles. The highest BCUT2D eigenvalue weighted by Crippen LogP contribution is 2.21. The van der Waals surface area contributed by atoms with Crippen LogP contribution in [0.1, 0.15) is 23.6 Å². The molecule has 3 aromatic rings. The Morgan fingerprint density at radius 2 is 1.44 bits per heavy atom. The second kappa shape index (κ2) is 8.70. The number of hydrogen-bond acceptors (Lipinski definition) is 1. The van der Waals surface area contributed by atoms with Gasteiger partial charge in [-0.2, -0.15) is 0 Å². The summed E-state index contributed by atoms with van der Waals surface area (Å²) < 4.78 is 6.00. The quantitative estimate of drug-likeness (QED) is 0.477. The molecule has 0 heterocycles. The monoisotopic (exact) mass is 326 g/mol. The second-order valence-corrected chi connectivity index (χ2v) is 5.94. The maximum Gasteiger partial charge on any atom is 0.127 e. The summed E-state index contributed by atoms with van der Waals surface area (Å²) in [4.78, 5) is 0. The van der Waals surface area contributed by atoms with E-state index in [-0.39, 0.29) is 0 Å². The summed E-state index contributed by atoms with van der Waals surface area (Å²) in [5.41, 5.74) is 4.66. The Labute approximate surface area is 149 Å². The largest absolute Gasteiger partial charge is 0.488 e. The maximum atomic E-state index is 6.00. The van der Waals surface area contributed by atoms with Crippen LogP contribution >= 0.6 is 0 Å². The molecular formula is C24H22O. The smallest absolute Gasteiger partial charge is 0.127 e. The van der Waals surface area contributed by atoms with Gasteiger partial charge in [-0.15, -0.1) is 0 Å². The zero-order valence-electron chi connectivity index (χ0n) is 14.4. The van der Waals surface area contributed by atoms with E-state index in [4.69, 9.17) is 4.74 Å². The molecule has 0 aliphatic heterocycles. The van der Waals surface area contributed by atoms with Crippen molar-refractivity contribution in [2.45, 2.75) is 13.5 Å². The molecule has 124 valence electrons. The highest BCUT2D eigenvalue weighted by molar-refractivity contribution is 5.63. The van der Waals surface area contributed by atoms with Crippen molar-refractivity contribution >= 4 is 12.2 Å². The average Bonchev–Trinajstić information content (AvgIpc) is 2.67. The van der Waals surface area contributed by atoms with Crippen molar-refractivity contribution in [1.29, 1.82) is 0 Å². The average molecular weight is 326 g/mol. The molecule has 0 saturated carbocycles. The molecule has 0 saturated heterocycles. The van der Waals surface area contributed by atoms with E-state index in [2.05, 4.69) is 67.6 Å². The topological polar surface area (TPSA) is 9.23 Å². The lowest BCUT2D eigenvalue weighted by atomic mass is 10.1. The number of benzene rings is 3. The fourth-order valence-electron chi connectivity index (χ4n) is 2.57. The van der Waals surface area contributed by atoms with E-state index in [9.17, 15) is 0 Å². The Bertz CT molecular complexity index is 846. The highest BCUT2D eigenvalue weighted by Gasteiger charge is 2.00. The van der Waals surface area contributed by atoms with Gasteiger partial charge in [0, 0.05) is 5.56 Å². The van der Waals surface area contributed by atoms with Gasteiger partial charge in [0.05, 0.1) is 0 Å². The van der Waals surface area contributed by atoms with E-state index in [0.717, 1.165) is 11.3 Å². The minimum absolute atomic E-state index is 0.574. The van der Waals surface area contributed by atoms with Gasteiger partial charge in [0.2, 0.25) is 0 Å². The van der Waals surface area contributed by atoms with Crippen LogP contribution in [0.3, 0.4) is 0 Å². The molecule has 1 nitrogen and oxygen atoms in total. The molecule has 0 aliphatic carbocycles. The minimum Gasteiger partial charge on any atom is -0.488 e. The summed E-state index contributed by atoms with van der Waals surface area (Å²) in [6, 6.07) is 28.7. The molecule has 0 spiro atoms. The molecule has 0 amide bonds. The Kier molecular flexibility index (Phi) is 5.84. The first kappa shape index (κ1) is 16.8. The third-order valence-corrected chi connectivity index (χ3v) is 3.88. The number of para-hydroxylation sites is 1. The lowest BCUT2D eigenvalue weighted by Crippen LogP contribution is -1.96. The van der Waals surface area contributed by atoms with E-state index < -0.39 is 0 Å². The van der Waals surface area contributed by atoms with E-state index >= 15 is 0 Å². The van der Waals surface area contributed by atoms with Crippen LogP contribution in [0.5, 0.6) is 5.75 Å². The summed E-state index contributed by atoms with van der Waals surface area (Å²) in [5.74, 6) is 0.898. The van der Waals surface area contributed by atoms with Crippen molar-refractivity contribution in [3.63, 3.8) is 0 Å². The van der Waals surface area contributed by atoms with Gasteiger partial charge >= 0.3 is 0 Å². The van der Waals surface area contributed by atoms with Crippen molar-refractivity contribution < 1.29 is 4.74 Å². The summed E-state index contributed by atoms with van der Waals surface area (Å²) in [6.07, 6.45) is 6.40. The predicted octanol–water partition coefficient (Wildman–Crippen LogP) is 6.38. The lowest BCUT2D eigenvalue weighted by molar-refractivity contribution is 0.305. The van der Waals surface area contributed by atoms with Crippen molar-refractivity contribution in [2.24, 2.45) is 0 Å². The van der Waals surface area contributed by atoms with Gasteiger partial charge < -0.3 is 4.74 Å². The fourth-order valence-corrected chi connectivity index (χ4v) is 2.57. The fraction of sp³-hybridized carbons (Fsp3) is 0.0833. The Hall–Kier alpha value is -3.06. The highest BCUT2D eigenvalue weighted by atomic mass is 16.5. The van der Waals surface area contributed by atoms with Crippen molar-refractivity contribution in [1.82, 2.24) is 0 Å². The van der Waals surface area contributed by atoms with Crippen molar-refractivity contribution in [3.05, 3.63) is 113 Å². The van der Waals surface area contributed by atoms with E-state index in [1.165, 1.54) is 16.7 Å². The predicted molar refractivity (Wildman–Crippen MR) is 106 cm³/mol. The molecule has 0 aromatic heterocycles. The van der Waals surface area contributed by atoms with E-state index in [1.807, 2.05) is 42.5 Å². The van der Waals surface area contributed by atoms with Gasteiger partial charge in [-0.1, -0.05) is 103 Å². The summed E-state index contributed by atoms with van der Waals surface area (Å²) in [7, 11) is 0. The number of rotatable bonds is 6. The van der Waals surface area contributed by atoms with Gasteiger partial charge in [0.15, 0.2) is 0 Å². The molecule has 1 heteroatoms. The first-order valence-electron chi connectivity index (χ1n) is 8.48. The molecule has 0 N–H and O–H groups in total. The molecule has 0 fully saturated rings. The van der Waals surface area contributed by atoms with E-state index in [0.29, 0.717) is 6.61 Å². The van der Waals surface area contributed by atoms with E-state index in [1.54, 1.807) is 0 Å². The summed E-state index contributed by atoms with van der Waals surface area (Å²) >= 11 is 0. The van der Waals surface area contributed by atoms with Crippen LogP contribution in [-0.2, 0) is 6.61 Å². The van der Waals surface area contributed by atoms with Gasteiger partial charge in [-0.25, -0.2) is 0 Å². The molecule has 0 aliphatic rings. The third kappa shape index (κ3) is 5.22. The number of hydrogen-bond donors (Lipinski definition) is 0. The molecule has 3 rings (SSSR count). The molecule has 0 atom stereocenters. The molecule has 0 radical (unpaired) electrons. The van der Waals surface area contributed by atoms with Crippen LogP contribution in [0.2, 0.25) is 0 Å². The van der Waals surface area contributed by atoms with Crippen LogP contribution in [0.4, 0.5) is 0 Å². The van der Waals surface area contributed by atoms with Gasteiger partial charge in [-0.05, 0) is 24.1 Å². The van der Waals surface area contributed by atoms with Crippen LogP contribution in [0.15, 0.2) is 96.6 Å². The normalized spacial score (nSPS) is 11.6. The second-order valence-electron chi connectivity index (χ2n) is 5.94. The zero-order valence-corrected chi connectivity index (χ0v) is 14.4. The third-order valence-electron chi connectivity index (χ3n) is 3.88. The molecule has 25 heavy (non-hydrogen) atoms. The van der Waals surface area contributed by atoms with Crippen LogP contribution < -0.4 is 4.74 Å². The SMILES string of the molecule is CC(C=Cc1ccccc1OCc1ccccc1)=Cc1ccccc1. The zero-order chi connectivity index (χ0) is 17.3. The van der Waals surface area contributed by atoms with Crippen molar-refractivity contribution in [3.8, 4) is 5.75 Å². The standard InChI is InChI=1S/C24H22O/c1-20(18-21-10-4-2-5-11-21)16-17-23-14-8-9-15-24(23)25-19-22-12-6-3-7-13-22/h2-18H,19H2,1H3. The molecule has 0 unspecified atom stereocenters. The van der Waals surface area contributed by atoms with Gasteiger partial charge in [0.25, 0.3) is 0 Å². The first-order valence-corrected chi connectivity index (χ1v) is 8.48. The Morgan fingerprint density at radius 3 is 2.20 bits per heavy atom. The van der Waals surface area contributed by atoms with Gasteiger partial charge in [-0.3, -0.25) is 0 Å². The molecule has 0 bridgehead atoms. The van der Waals surface area contributed by atoms with Crippen LogP contribution in [0.25, 0.3) is 12.2 Å². The number of allylic oxidation sites excluding steroid dienone is 2. The van der Waals surface area contributed by atoms with Gasteiger partial charge in [0.1, 0.15) is 12.4 Å². The maximum absolute atomic E-state index is 6.00. The summed E-state index contributed by atoms with van der Waals surface area (Å²) in [5, 5.41) is 0. The van der Waals surface area contributed by atoms with Crippen molar-refractivity contribution in [2.75, 3.05) is 0 Å². The Balaban J connectivity index is 1.71. The van der Waals surface area contributed by atoms with Crippen LogP contribution in [0, 0.1) is 0 Å². The Morgan fingerprint density at radius 1 is 0.800 bits per heavy atom. The minimum atomic E-state index is 0.574. The lowest BCUT2D eigenvalue weighted by Gasteiger charge is -2.09.